The molecule has 0 aliphatic carbocycles. The molecule has 0 saturated carbocycles. The first-order chi connectivity index (χ1) is 24.0. The predicted octanol–water partition coefficient (Wildman–Crippen LogP) is 5.75. The Kier molecular flexibility index (Phi) is 9.03. The van der Waals surface area contributed by atoms with Gasteiger partial charge in [0.1, 0.15) is 35.8 Å². The van der Waals surface area contributed by atoms with Gasteiger partial charge in [0.2, 0.25) is 0 Å². The third-order valence-electron chi connectivity index (χ3n) is 8.80. The second kappa shape index (κ2) is 13.9. The number of carbonyl (C=O) groups excluding carboxylic acids is 1. The number of carbonyl (C=O) groups is 1. The Balaban J connectivity index is 1.26. The van der Waals surface area contributed by atoms with Crippen molar-refractivity contribution in [2.24, 2.45) is 0 Å². The van der Waals surface area contributed by atoms with Crippen molar-refractivity contribution in [2.75, 3.05) is 26.1 Å². The van der Waals surface area contributed by atoms with E-state index in [1.807, 2.05) is 84.9 Å². The lowest BCUT2D eigenvalue weighted by Gasteiger charge is -2.39. The van der Waals surface area contributed by atoms with Crippen LogP contribution in [0.1, 0.15) is 39.7 Å². The molecule has 0 unspecified atom stereocenters. The van der Waals surface area contributed by atoms with Crippen LogP contribution in [-0.4, -0.2) is 63.6 Å². The third kappa shape index (κ3) is 6.11. The van der Waals surface area contributed by atoms with E-state index < -0.39 is 24.0 Å². The molecular weight excluding hydrogens is 622 g/mol. The van der Waals surface area contributed by atoms with Gasteiger partial charge in [0.05, 0.1) is 33.3 Å². The summed E-state index contributed by atoms with van der Waals surface area (Å²) >= 11 is 0. The predicted molar refractivity (Wildman–Crippen MR) is 183 cm³/mol. The Morgan fingerprint density at radius 1 is 0.837 bits per heavy atom. The standard InChI is InChI=1S/C38H35N5O6/c1-46-29-17-13-27(14-18-29)38(26-11-7-4-8-12-26,28-15-19-30(47-2)20-16-28)49-31-21-33(48-32(31)22-44)43-24-41-34-35(39-23-40-36(34)43)42-37(45)25-9-5-3-6-10-25/h3-20,23-24,31-33,44H,21-22H2,1-2H3,(H,39,40,42,45)/t31-,32-,33+/m0/s1. The van der Waals surface area contributed by atoms with E-state index in [-0.39, 0.29) is 18.3 Å². The van der Waals surface area contributed by atoms with Gasteiger partial charge in [0.25, 0.3) is 5.91 Å². The number of aliphatic hydroxyl groups excluding tert-OH is 1. The van der Waals surface area contributed by atoms with E-state index in [1.54, 1.807) is 49.4 Å². The molecule has 1 saturated heterocycles. The topological polar surface area (TPSA) is 130 Å². The molecule has 7 rings (SSSR count). The molecule has 1 amide bonds. The molecule has 6 aromatic rings. The molecule has 1 aliphatic rings. The average molecular weight is 658 g/mol. The van der Waals surface area contributed by atoms with Crippen LogP contribution in [0, 0.1) is 0 Å². The molecule has 49 heavy (non-hydrogen) atoms. The van der Waals surface area contributed by atoms with Crippen LogP contribution in [0.3, 0.4) is 0 Å². The van der Waals surface area contributed by atoms with Crippen molar-refractivity contribution < 1.29 is 28.8 Å². The van der Waals surface area contributed by atoms with Crippen LogP contribution in [0.25, 0.3) is 11.2 Å². The number of fused-ring (bicyclic) bond motifs is 1. The van der Waals surface area contributed by atoms with E-state index in [0.717, 1.165) is 16.7 Å². The minimum Gasteiger partial charge on any atom is -0.497 e. The first-order valence-corrected chi connectivity index (χ1v) is 15.9. The zero-order valence-corrected chi connectivity index (χ0v) is 27.0. The summed E-state index contributed by atoms with van der Waals surface area (Å²) in [7, 11) is 3.26. The quantitative estimate of drug-likeness (QED) is 0.167. The lowest BCUT2D eigenvalue weighted by Crippen LogP contribution is -2.40. The normalized spacial score (nSPS) is 17.6. The first-order valence-electron chi connectivity index (χ1n) is 15.9. The molecule has 0 radical (unpaired) electrons. The van der Waals surface area contributed by atoms with Gasteiger partial charge in [-0.3, -0.25) is 9.36 Å². The summed E-state index contributed by atoms with van der Waals surface area (Å²) in [6.07, 6.45) is 1.52. The van der Waals surface area contributed by atoms with Crippen molar-refractivity contribution in [3.05, 3.63) is 144 Å². The van der Waals surface area contributed by atoms with Crippen LogP contribution in [0.2, 0.25) is 0 Å². The number of methoxy groups -OCH3 is 2. The van der Waals surface area contributed by atoms with Gasteiger partial charge in [-0.15, -0.1) is 0 Å². The van der Waals surface area contributed by atoms with Gasteiger partial charge in [-0.2, -0.15) is 0 Å². The van der Waals surface area contributed by atoms with Gasteiger partial charge in [-0.1, -0.05) is 72.8 Å². The lowest BCUT2D eigenvalue weighted by molar-refractivity contribution is -0.0988. The van der Waals surface area contributed by atoms with Crippen LogP contribution < -0.4 is 14.8 Å². The van der Waals surface area contributed by atoms with Crippen molar-refractivity contribution >= 4 is 22.9 Å². The maximum absolute atomic E-state index is 12.9. The second-order valence-corrected chi connectivity index (χ2v) is 11.6. The van der Waals surface area contributed by atoms with Crippen LogP contribution >= 0.6 is 0 Å². The monoisotopic (exact) mass is 657 g/mol. The molecule has 11 nitrogen and oxygen atoms in total. The number of hydrogen-bond donors (Lipinski definition) is 2. The number of hydrogen-bond acceptors (Lipinski definition) is 9. The van der Waals surface area contributed by atoms with Crippen LogP contribution in [0.5, 0.6) is 11.5 Å². The summed E-state index contributed by atoms with van der Waals surface area (Å²) in [5, 5.41) is 13.5. The fourth-order valence-electron chi connectivity index (χ4n) is 6.34. The van der Waals surface area contributed by atoms with Crippen molar-refractivity contribution in [1.82, 2.24) is 19.5 Å². The SMILES string of the molecule is COc1ccc(C(O[C@H]2C[C@H](n3cnc4c(NC(=O)c5ccccc5)ncnc43)O[C@H]2CO)(c2ccccc2)c2ccc(OC)cc2)cc1. The summed E-state index contributed by atoms with van der Waals surface area (Å²) in [6.45, 7) is -0.280. The summed E-state index contributed by atoms with van der Waals surface area (Å²) < 4.78 is 26.5. The lowest BCUT2D eigenvalue weighted by atomic mass is 9.79. The number of aliphatic hydroxyl groups is 1. The van der Waals surface area contributed by atoms with Gasteiger partial charge >= 0.3 is 0 Å². The number of benzene rings is 4. The number of rotatable bonds is 11. The summed E-state index contributed by atoms with van der Waals surface area (Å²) in [5.74, 6) is 1.40. The number of imidazole rings is 1. The zero-order valence-electron chi connectivity index (χ0n) is 27.0. The molecule has 0 spiro atoms. The minimum absolute atomic E-state index is 0.280. The second-order valence-electron chi connectivity index (χ2n) is 11.6. The Hall–Kier alpha value is -5.62. The maximum atomic E-state index is 12.9. The molecule has 3 atom stereocenters. The van der Waals surface area contributed by atoms with Gasteiger partial charge in [0, 0.05) is 12.0 Å². The molecule has 2 N–H and O–H groups in total. The zero-order chi connectivity index (χ0) is 33.8. The number of anilines is 1. The van der Waals surface area contributed by atoms with E-state index >= 15 is 0 Å². The number of aromatic nitrogens is 4. The molecule has 1 fully saturated rings. The Morgan fingerprint density at radius 3 is 2.02 bits per heavy atom. The first kappa shape index (κ1) is 32.0. The summed E-state index contributed by atoms with van der Waals surface area (Å²) in [4.78, 5) is 26.2. The third-order valence-corrected chi connectivity index (χ3v) is 8.80. The van der Waals surface area contributed by atoms with E-state index in [4.69, 9.17) is 18.9 Å². The molecule has 11 heteroatoms. The largest absolute Gasteiger partial charge is 0.497 e. The molecule has 1 aliphatic heterocycles. The summed E-state index contributed by atoms with van der Waals surface area (Å²) in [6, 6.07) is 34.4. The highest BCUT2D eigenvalue weighted by molar-refractivity contribution is 6.06. The maximum Gasteiger partial charge on any atom is 0.256 e. The number of nitrogens with zero attached hydrogens (tertiary/aromatic N) is 4. The fraction of sp³-hybridized carbons (Fsp3) is 0.211. The molecule has 0 bridgehead atoms. The van der Waals surface area contributed by atoms with Gasteiger partial charge in [0.15, 0.2) is 17.0 Å². The molecule has 2 aromatic heterocycles. The molecular formula is C38H35N5O6. The van der Waals surface area contributed by atoms with E-state index in [9.17, 15) is 9.90 Å². The highest BCUT2D eigenvalue weighted by Crippen LogP contribution is 2.46. The number of ether oxygens (including phenoxy) is 4. The van der Waals surface area contributed by atoms with Crippen LogP contribution in [0.4, 0.5) is 5.82 Å². The number of amides is 1. The summed E-state index contributed by atoms with van der Waals surface area (Å²) in [5.41, 5.74) is 2.90. The molecule has 4 aromatic carbocycles. The van der Waals surface area contributed by atoms with Gasteiger partial charge < -0.3 is 29.4 Å². The van der Waals surface area contributed by atoms with Crippen molar-refractivity contribution in [2.45, 2.75) is 30.5 Å². The molecule has 248 valence electrons. The van der Waals surface area contributed by atoms with Crippen molar-refractivity contribution in [3.8, 4) is 11.5 Å². The Morgan fingerprint density at radius 2 is 1.43 bits per heavy atom. The van der Waals surface area contributed by atoms with Crippen LogP contribution in [-0.2, 0) is 15.1 Å². The highest BCUT2D eigenvalue weighted by atomic mass is 16.6. The number of nitrogens with one attached hydrogen (secondary N) is 1. The average Bonchev–Trinajstić information content (AvgIpc) is 3.79. The Bertz CT molecular complexity index is 1970. The van der Waals surface area contributed by atoms with Gasteiger partial charge in [-0.25, -0.2) is 15.0 Å². The van der Waals surface area contributed by atoms with Crippen LogP contribution in [0.15, 0.2) is 122 Å². The fourth-order valence-corrected chi connectivity index (χ4v) is 6.34. The van der Waals surface area contributed by atoms with E-state index in [0.29, 0.717) is 34.6 Å². The highest BCUT2D eigenvalue weighted by Gasteiger charge is 2.46. The minimum atomic E-state index is -1.11. The van der Waals surface area contributed by atoms with Gasteiger partial charge in [-0.05, 0) is 53.1 Å². The van der Waals surface area contributed by atoms with Crippen molar-refractivity contribution in [3.63, 3.8) is 0 Å². The van der Waals surface area contributed by atoms with E-state index in [2.05, 4.69) is 20.3 Å². The molecule has 3 heterocycles. The Labute approximate surface area is 283 Å². The van der Waals surface area contributed by atoms with Crippen molar-refractivity contribution in [1.29, 1.82) is 0 Å². The smallest absolute Gasteiger partial charge is 0.256 e. The van der Waals surface area contributed by atoms with E-state index in [1.165, 1.54) is 6.33 Å².